The molecule has 2 aromatic heterocycles. The van der Waals surface area contributed by atoms with Crippen LogP contribution in [0.4, 0.5) is 5.82 Å². The summed E-state index contributed by atoms with van der Waals surface area (Å²) < 4.78 is 5.95. The van der Waals surface area contributed by atoms with Crippen molar-refractivity contribution in [3.05, 3.63) is 71.2 Å². The quantitative estimate of drug-likeness (QED) is 0.580. The van der Waals surface area contributed by atoms with E-state index in [1.165, 1.54) is 11.1 Å². The maximum absolute atomic E-state index is 5.95. The van der Waals surface area contributed by atoms with Crippen molar-refractivity contribution in [1.82, 2.24) is 20.1 Å². The first-order chi connectivity index (χ1) is 15.0. The number of nitrogens with zero attached hydrogens (tertiary/aromatic N) is 4. The molecule has 1 N–H and O–H groups in total. The van der Waals surface area contributed by atoms with Crippen LogP contribution < -0.4 is 9.64 Å². The van der Waals surface area contributed by atoms with Crippen LogP contribution in [0.5, 0.6) is 5.75 Å². The first-order valence-electron chi connectivity index (χ1n) is 11.1. The zero-order chi connectivity index (χ0) is 21.8. The van der Waals surface area contributed by atoms with E-state index in [1.54, 1.807) is 0 Å². The molecule has 31 heavy (non-hydrogen) atoms. The van der Waals surface area contributed by atoms with E-state index in [1.807, 2.05) is 38.5 Å². The van der Waals surface area contributed by atoms with Crippen LogP contribution in [0.15, 0.2) is 48.7 Å². The number of anilines is 1. The molecule has 1 aromatic carbocycles. The first-order valence-corrected chi connectivity index (χ1v) is 11.1. The highest BCUT2D eigenvalue weighted by atomic mass is 16.5. The standard InChI is InChI=1S/C25H33N5O/c1-18(2)19-7-9-23(10-8-19)31-17-22-14-24(28-27-22)20-11-13-30(15-20)16-21-6-5-12-26-25(21)29(3)4/h5-10,12,14,18,20H,11,13,15-17H2,1-4H3,(H,27,28)/t20-/m1/s1. The van der Waals surface area contributed by atoms with Crippen LogP contribution >= 0.6 is 0 Å². The minimum atomic E-state index is 0.454. The molecule has 3 aromatic rings. The van der Waals surface area contributed by atoms with Crippen LogP contribution in [0.2, 0.25) is 0 Å². The zero-order valence-corrected chi connectivity index (χ0v) is 19.0. The summed E-state index contributed by atoms with van der Waals surface area (Å²) in [6.45, 7) is 7.92. The molecule has 0 amide bonds. The lowest BCUT2D eigenvalue weighted by molar-refractivity contribution is 0.301. The molecule has 1 fully saturated rings. The van der Waals surface area contributed by atoms with Crippen molar-refractivity contribution in [1.29, 1.82) is 0 Å². The predicted octanol–water partition coefficient (Wildman–Crippen LogP) is 4.56. The Labute approximate surface area is 185 Å². The number of hydrogen-bond donors (Lipinski definition) is 1. The molecule has 6 heteroatoms. The first kappa shape index (κ1) is 21.4. The van der Waals surface area contributed by atoms with Gasteiger partial charge in [-0.25, -0.2) is 4.98 Å². The Kier molecular flexibility index (Phi) is 6.56. The van der Waals surface area contributed by atoms with Gasteiger partial charge >= 0.3 is 0 Å². The van der Waals surface area contributed by atoms with Gasteiger partial charge in [0, 0.05) is 44.9 Å². The lowest BCUT2D eigenvalue weighted by atomic mass is 10.0. The number of likely N-dealkylation sites (tertiary alicyclic amines) is 1. The number of pyridine rings is 1. The van der Waals surface area contributed by atoms with Gasteiger partial charge < -0.3 is 9.64 Å². The van der Waals surface area contributed by atoms with Crippen LogP contribution in [0, 0.1) is 0 Å². The number of aromatic amines is 1. The fourth-order valence-electron chi connectivity index (χ4n) is 4.19. The summed E-state index contributed by atoms with van der Waals surface area (Å²) in [5.41, 5.74) is 4.75. The lowest BCUT2D eigenvalue weighted by Gasteiger charge is -2.20. The van der Waals surface area contributed by atoms with Crippen LogP contribution in [0.1, 0.15) is 54.6 Å². The zero-order valence-electron chi connectivity index (χ0n) is 19.0. The summed E-state index contributed by atoms with van der Waals surface area (Å²) in [5, 5.41) is 7.74. The van der Waals surface area contributed by atoms with Crippen molar-refractivity contribution in [3.8, 4) is 5.75 Å². The van der Waals surface area contributed by atoms with Crippen molar-refractivity contribution in [2.45, 2.75) is 45.3 Å². The number of aromatic nitrogens is 3. The average Bonchev–Trinajstić information content (AvgIpc) is 3.42. The third-order valence-corrected chi connectivity index (χ3v) is 5.97. The smallest absolute Gasteiger partial charge is 0.132 e. The summed E-state index contributed by atoms with van der Waals surface area (Å²) >= 11 is 0. The van der Waals surface area contributed by atoms with Crippen molar-refractivity contribution in [3.63, 3.8) is 0 Å². The second-order valence-corrected chi connectivity index (χ2v) is 8.93. The fourth-order valence-corrected chi connectivity index (χ4v) is 4.19. The second-order valence-electron chi connectivity index (χ2n) is 8.93. The number of benzene rings is 1. The van der Waals surface area contributed by atoms with Crippen molar-refractivity contribution >= 4 is 5.82 Å². The SMILES string of the molecule is CC(C)c1ccc(OCc2cc([C@@H]3CCN(Cc4cccnc4N(C)C)C3)n[nH]2)cc1. The third kappa shape index (κ3) is 5.25. The third-order valence-electron chi connectivity index (χ3n) is 5.97. The Bertz CT molecular complexity index is 980. The Hall–Kier alpha value is -2.86. The molecule has 0 aliphatic carbocycles. The van der Waals surface area contributed by atoms with Crippen molar-refractivity contribution in [2.24, 2.45) is 0 Å². The molecule has 0 saturated carbocycles. The van der Waals surface area contributed by atoms with Gasteiger partial charge in [0.15, 0.2) is 0 Å². The number of rotatable bonds is 8. The van der Waals surface area contributed by atoms with E-state index >= 15 is 0 Å². The van der Waals surface area contributed by atoms with Gasteiger partial charge in [-0.2, -0.15) is 5.10 Å². The van der Waals surface area contributed by atoms with Crippen LogP contribution in [-0.2, 0) is 13.2 Å². The molecule has 1 aliphatic rings. The minimum absolute atomic E-state index is 0.454. The van der Waals surface area contributed by atoms with E-state index in [-0.39, 0.29) is 0 Å². The molecule has 1 atom stereocenters. The maximum atomic E-state index is 5.95. The molecule has 0 radical (unpaired) electrons. The molecule has 0 bridgehead atoms. The van der Waals surface area contributed by atoms with Gasteiger partial charge in [-0.1, -0.05) is 32.0 Å². The predicted molar refractivity (Wildman–Crippen MR) is 125 cm³/mol. The number of H-pyrrole nitrogens is 1. The molecule has 3 heterocycles. The Morgan fingerprint density at radius 3 is 2.74 bits per heavy atom. The van der Waals surface area contributed by atoms with E-state index in [0.717, 1.165) is 49.0 Å². The molecule has 1 saturated heterocycles. The number of ether oxygens (including phenoxy) is 1. The maximum Gasteiger partial charge on any atom is 0.132 e. The summed E-state index contributed by atoms with van der Waals surface area (Å²) in [6.07, 6.45) is 2.98. The largest absolute Gasteiger partial charge is 0.487 e. The van der Waals surface area contributed by atoms with Gasteiger partial charge in [0.05, 0.1) is 11.4 Å². The van der Waals surface area contributed by atoms with Gasteiger partial charge in [0.1, 0.15) is 18.2 Å². The van der Waals surface area contributed by atoms with E-state index in [9.17, 15) is 0 Å². The monoisotopic (exact) mass is 419 g/mol. The Morgan fingerprint density at radius 1 is 1.19 bits per heavy atom. The van der Waals surface area contributed by atoms with Gasteiger partial charge in [0.2, 0.25) is 0 Å². The van der Waals surface area contributed by atoms with Crippen molar-refractivity contribution < 1.29 is 4.74 Å². The molecular weight excluding hydrogens is 386 g/mol. The van der Waals surface area contributed by atoms with E-state index < -0.39 is 0 Å². The summed E-state index contributed by atoms with van der Waals surface area (Å²) in [4.78, 5) is 9.11. The molecule has 4 rings (SSSR count). The van der Waals surface area contributed by atoms with Gasteiger partial charge in [-0.3, -0.25) is 10.00 Å². The normalized spacial score (nSPS) is 16.7. The highest BCUT2D eigenvalue weighted by molar-refractivity contribution is 5.45. The van der Waals surface area contributed by atoms with Crippen LogP contribution in [0.3, 0.4) is 0 Å². The van der Waals surface area contributed by atoms with Gasteiger partial charge in [0.25, 0.3) is 0 Å². The van der Waals surface area contributed by atoms with Crippen LogP contribution in [-0.4, -0.2) is 47.3 Å². The summed E-state index contributed by atoms with van der Waals surface area (Å²) in [5.74, 6) is 2.92. The summed E-state index contributed by atoms with van der Waals surface area (Å²) in [7, 11) is 4.09. The lowest BCUT2D eigenvalue weighted by Crippen LogP contribution is -2.22. The Balaban J connectivity index is 1.31. The number of hydrogen-bond acceptors (Lipinski definition) is 5. The summed E-state index contributed by atoms with van der Waals surface area (Å²) in [6, 6.07) is 14.7. The van der Waals surface area contributed by atoms with E-state index in [2.05, 4.69) is 63.1 Å². The minimum Gasteiger partial charge on any atom is -0.487 e. The van der Waals surface area contributed by atoms with Gasteiger partial charge in [-0.05, 0) is 48.7 Å². The highest BCUT2D eigenvalue weighted by Gasteiger charge is 2.26. The molecule has 1 aliphatic heterocycles. The molecular formula is C25H33N5O. The van der Waals surface area contributed by atoms with E-state index in [0.29, 0.717) is 18.4 Å². The van der Waals surface area contributed by atoms with Crippen LogP contribution in [0.25, 0.3) is 0 Å². The molecule has 164 valence electrons. The number of nitrogens with one attached hydrogen (secondary N) is 1. The van der Waals surface area contributed by atoms with Crippen molar-refractivity contribution in [2.75, 3.05) is 32.1 Å². The highest BCUT2D eigenvalue weighted by Crippen LogP contribution is 2.29. The fraction of sp³-hybridized carbons (Fsp3) is 0.440. The second kappa shape index (κ2) is 9.52. The average molecular weight is 420 g/mol. The Morgan fingerprint density at radius 2 is 2.00 bits per heavy atom. The molecule has 0 unspecified atom stereocenters. The van der Waals surface area contributed by atoms with Gasteiger partial charge in [-0.15, -0.1) is 0 Å². The molecule has 6 nitrogen and oxygen atoms in total. The molecule has 0 spiro atoms. The topological polar surface area (TPSA) is 57.3 Å². The van der Waals surface area contributed by atoms with E-state index in [4.69, 9.17) is 4.74 Å².